The third kappa shape index (κ3) is 2.33. The number of rotatable bonds is 3. The molecule has 0 aromatic heterocycles. The van der Waals surface area contributed by atoms with Crippen LogP contribution in [0.25, 0.3) is 0 Å². The Labute approximate surface area is 115 Å². The van der Waals surface area contributed by atoms with Crippen LogP contribution >= 0.6 is 15.9 Å². The van der Waals surface area contributed by atoms with Crippen molar-refractivity contribution < 1.29 is 9.13 Å². The van der Waals surface area contributed by atoms with E-state index in [1.165, 1.54) is 18.9 Å². The van der Waals surface area contributed by atoms with E-state index >= 15 is 0 Å². The molecular weight excluding hydrogens is 297 g/mol. The number of benzene rings is 1. The Morgan fingerprint density at radius 1 is 1.44 bits per heavy atom. The fourth-order valence-corrected chi connectivity index (χ4v) is 3.41. The Hall–Kier alpha value is -0.450. The second-order valence-electron chi connectivity index (χ2n) is 5.28. The summed E-state index contributed by atoms with van der Waals surface area (Å²) in [6.45, 7) is 2.12. The van der Waals surface area contributed by atoms with Gasteiger partial charge in [0.1, 0.15) is 5.82 Å². The second-order valence-corrected chi connectivity index (χ2v) is 6.13. The van der Waals surface area contributed by atoms with Crippen molar-refractivity contribution in [3.05, 3.63) is 34.1 Å². The lowest BCUT2D eigenvalue weighted by Crippen LogP contribution is -2.38. The van der Waals surface area contributed by atoms with Crippen LogP contribution < -0.4 is 5.32 Å². The van der Waals surface area contributed by atoms with Crippen LogP contribution in [0.15, 0.2) is 22.7 Å². The SMILES string of the molecule is CC(NC1CC2CCC1O2)c1ccc(F)c(Br)c1. The van der Waals surface area contributed by atoms with Gasteiger partial charge in [-0.3, -0.25) is 0 Å². The quantitative estimate of drug-likeness (QED) is 0.921. The van der Waals surface area contributed by atoms with Crippen molar-refractivity contribution in [3.8, 4) is 0 Å². The number of fused-ring (bicyclic) bond motifs is 2. The van der Waals surface area contributed by atoms with Gasteiger partial charge in [-0.2, -0.15) is 0 Å². The van der Waals surface area contributed by atoms with Gasteiger partial charge < -0.3 is 10.1 Å². The molecule has 4 atom stereocenters. The van der Waals surface area contributed by atoms with E-state index < -0.39 is 0 Å². The molecule has 0 saturated carbocycles. The average Bonchev–Trinajstić information content (AvgIpc) is 2.94. The van der Waals surface area contributed by atoms with Crippen LogP contribution in [0.5, 0.6) is 0 Å². The van der Waals surface area contributed by atoms with E-state index in [2.05, 4.69) is 28.2 Å². The van der Waals surface area contributed by atoms with E-state index in [4.69, 9.17) is 4.74 Å². The van der Waals surface area contributed by atoms with E-state index in [9.17, 15) is 4.39 Å². The highest BCUT2D eigenvalue weighted by Gasteiger charge is 2.40. The van der Waals surface area contributed by atoms with Gasteiger partial charge >= 0.3 is 0 Å². The summed E-state index contributed by atoms with van der Waals surface area (Å²) in [5.41, 5.74) is 1.10. The lowest BCUT2D eigenvalue weighted by Gasteiger charge is -2.25. The molecule has 0 radical (unpaired) electrons. The molecular formula is C14H17BrFNO. The first-order valence-corrected chi connectivity index (χ1v) is 7.29. The minimum atomic E-state index is -0.214. The molecule has 2 saturated heterocycles. The predicted molar refractivity (Wildman–Crippen MR) is 72.0 cm³/mol. The molecule has 2 aliphatic rings. The molecule has 2 heterocycles. The Balaban J connectivity index is 1.67. The summed E-state index contributed by atoms with van der Waals surface area (Å²) < 4.78 is 19.6. The van der Waals surface area contributed by atoms with Gasteiger partial charge in [-0.05, 0) is 59.8 Å². The standard InChI is InChI=1S/C14H17BrFNO/c1-8(9-2-4-12(16)11(15)6-9)17-13-7-10-3-5-14(13)18-10/h2,4,6,8,10,13-14,17H,3,5,7H2,1H3. The Morgan fingerprint density at radius 2 is 2.28 bits per heavy atom. The molecule has 2 aliphatic heterocycles. The van der Waals surface area contributed by atoms with Crippen LogP contribution in [0, 0.1) is 5.82 Å². The predicted octanol–water partition coefficient (Wildman–Crippen LogP) is 3.56. The summed E-state index contributed by atoms with van der Waals surface area (Å²) >= 11 is 3.23. The van der Waals surface area contributed by atoms with Crippen molar-refractivity contribution in [2.45, 2.75) is 50.5 Å². The van der Waals surface area contributed by atoms with Crippen LogP contribution in [0.4, 0.5) is 4.39 Å². The molecule has 3 rings (SSSR count). The molecule has 98 valence electrons. The maximum absolute atomic E-state index is 13.2. The van der Waals surface area contributed by atoms with Gasteiger partial charge in [-0.25, -0.2) is 4.39 Å². The molecule has 2 bridgehead atoms. The Morgan fingerprint density at radius 3 is 2.89 bits per heavy atom. The topological polar surface area (TPSA) is 21.3 Å². The van der Waals surface area contributed by atoms with Crippen LogP contribution in [-0.4, -0.2) is 18.2 Å². The molecule has 0 aliphatic carbocycles. The van der Waals surface area contributed by atoms with Crippen molar-refractivity contribution in [1.82, 2.24) is 5.32 Å². The molecule has 0 amide bonds. The largest absolute Gasteiger partial charge is 0.373 e. The van der Waals surface area contributed by atoms with Gasteiger partial charge in [-0.15, -0.1) is 0 Å². The molecule has 4 unspecified atom stereocenters. The van der Waals surface area contributed by atoms with Gasteiger partial charge in [0, 0.05) is 12.1 Å². The monoisotopic (exact) mass is 313 g/mol. The van der Waals surface area contributed by atoms with Gasteiger partial charge in [-0.1, -0.05) is 6.07 Å². The highest BCUT2D eigenvalue weighted by molar-refractivity contribution is 9.10. The molecule has 2 fully saturated rings. The zero-order valence-electron chi connectivity index (χ0n) is 10.3. The van der Waals surface area contributed by atoms with E-state index in [1.54, 1.807) is 0 Å². The normalized spacial score (nSPS) is 31.8. The zero-order chi connectivity index (χ0) is 12.7. The van der Waals surface area contributed by atoms with Gasteiger partial charge in [0.25, 0.3) is 0 Å². The van der Waals surface area contributed by atoms with Gasteiger partial charge in [0.2, 0.25) is 0 Å². The van der Waals surface area contributed by atoms with Gasteiger partial charge in [0.05, 0.1) is 16.7 Å². The Kier molecular flexibility index (Phi) is 3.43. The molecule has 1 aromatic rings. The molecule has 4 heteroatoms. The minimum absolute atomic E-state index is 0.214. The second kappa shape index (κ2) is 4.91. The van der Waals surface area contributed by atoms with Crippen LogP contribution in [0.1, 0.15) is 37.8 Å². The van der Waals surface area contributed by atoms with E-state index in [0.717, 1.165) is 12.0 Å². The molecule has 1 N–H and O–H groups in total. The summed E-state index contributed by atoms with van der Waals surface area (Å²) in [6.07, 6.45) is 4.32. The molecule has 18 heavy (non-hydrogen) atoms. The summed E-state index contributed by atoms with van der Waals surface area (Å²) in [6, 6.07) is 5.86. The Bertz CT molecular complexity index is 453. The summed E-state index contributed by atoms with van der Waals surface area (Å²) in [7, 11) is 0. The zero-order valence-corrected chi connectivity index (χ0v) is 11.9. The fraction of sp³-hybridized carbons (Fsp3) is 0.571. The van der Waals surface area contributed by atoms with Crippen LogP contribution in [0.2, 0.25) is 0 Å². The average molecular weight is 314 g/mol. The van der Waals surface area contributed by atoms with Crippen LogP contribution in [-0.2, 0) is 4.74 Å². The van der Waals surface area contributed by atoms with Crippen molar-refractivity contribution >= 4 is 15.9 Å². The number of halogens is 2. The number of hydrogen-bond donors (Lipinski definition) is 1. The lowest BCUT2D eigenvalue weighted by molar-refractivity contribution is 0.0962. The first kappa shape index (κ1) is 12.6. The number of hydrogen-bond acceptors (Lipinski definition) is 2. The fourth-order valence-electron chi connectivity index (χ4n) is 3.01. The lowest BCUT2D eigenvalue weighted by atomic mass is 9.94. The third-order valence-corrected chi connectivity index (χ3v) is 4.62. The molecule has 1 aromatic carbocycles. The van der Waals surface area contributed by atoms with Crippen molar-refractivity contribution in [3.63, 3.8) is 0 Å². The van der Waals surface area contributed by atoms with Crippen molar-refractivity contribution in [2.24, 2.45) is 0 Å². The molecule has 0 spiro atoms. The third-order valence-electron chi connectivity index (χ3n) is 4.01. The van der Waals surface area contributed by atoms with Crippen molar-refractivity contribution in [2.75, 3.05) is 0 Å². The first-order valence-electron chi connectivity index (χ1n) is 6.50. The highest BCUT2D eigenvalue weighted by atomic mass is 79.9. The van der Waals surface area contributed by atoms with E-state index in [-0.39, 0.29) is 11.9 Å². The van der Waals surface area contributed by atoms with Crippen molar-refractivity contribution in [1.29, 1.82) is 0 Å². The minimum Gasteiger partial charge on any atom is -0.373 e. The summed E-state index contributed by atoms with van der Waals surface area (Å²) in [4.78, 5) is 0. The smallest absolute Gasteiger partial charge is 0.137 e. The number of nitrogens with one attached hydrogen (secondary N) is 1. The van der Waals surface area contributed by atoms with E-state index in [1.807, 2.05) is 12.1 Å². The summed E-state index contributed by atoms with van der Waals surface area (Å²) in [5.74, 6) is -0.214. The van der Waals surface area contributed by atoms with E-state index in [0.29, 0.717) is 22.7 Å². The molecule has 2 nitrogen and oxygen atoms in total. The highest BCUT2D eigenvalue weighted by Crippen LogP contribution is 2.35. The van der Waals surface area contributed by atoms with Gasteiger partial charge in [0.15, 0.2) is 0 Å². The van der Waals surface area contributed by atoms with Crippen LogP contribution in [0.3, 0.4) is 0 Å². The summed E-state index contributed by atoms with van der Waals surface area (Å²) in [5, 5.41) is 3.60. The first-order chi connectivity index (χ1) is 8.63. The number of ether oxygens (including phenoxy) is 1. The maximum atomic E-state index is 13.2. The maximum Gasteiger partial charge on any atom is 0.137 e.